The number of anilines is 1. The molecule has 2 fully saturated rings. The number of benzene rings is 1. The standard InChI is InChI=1S/C25H23F5N4O2/c1-3-18(14-5-4-6-15(19(14)26)20(27)28)33-21-16-9-17(25(7-8-25)24(29)30)23(36-13-10-35-11-13)34-22(16)32-12(2)31-21/h3-6,9,13,18,20,24H,1,7-8,10-11H2,2H3,(H,31,32,33,34)/t18-/m1/s1. The molecular weight excluding hydrogens is 483 g/mol. The molecule has 1 saturated carbocycles. The van der Waals surface area contributed by atoms with E-state index < -0.39 is 35.7 Å². The Morgan fingerprint density at radius 1 is 1.14 bits per heavy atom. The van der Waals surface area contributed by atoms with E-state index >= 15 is 0 Å². The zero-order valence-electron chi connectivity index (χ0n) is 19.3. The molecule has 5 rings (SSSR count). The minimum atomic E-state index is -2.99. The lowest BCUT2D eigenvalue weighted by atomic mass is 9.96. The van der Waals surface area contributed by atoms with Crippen molar-refractivity contribution in [2.45, 2.75) is 50.2 Å². The number of hydrogen-bond donors (Lipinski definition) is 1. The zero-order valence-corrected chi connectivity index (χ0v) is 19.3. The van der Waals surface area contributed by atoms with Crippen LogP contribution < -0.4 is 10.1 Å². The van der Waals surface area contributed by atoms with Gasteiger partial charge in [-0.25, -0.2) is 31.9 Å². The van der Waals surface area contributed by atoms with Crippen molar-refractivity contribution in [1.82, 2.24) is 15.0 Å². The number of rotatable bonds is 9. The molecule has 1 aliphatic carbocycles. The molecule has 190 valence electrons. The zero-order chi connectivity index (χ0) is 25.6. The van der Waals surface area contributed by atoms with Crippen molar-refractivity contribution in [2.75, 3.05) is 18.5 Å². The maximum atomic E-state index is 14.9. The van der Waals surface area contributed by atoms with Gasteiger partial charge in [0.25, 0.3) is 6.43 Å². The highest BCUT2D eigenvalue weighted by atomic mass is 19.3. The lowest BCUT2D eigenvalue weighted by Gasteiger charge is -2.28. The molecule has 3 aromatic rings. The second kappa shape index (κ2) is 9.27. The SMILES string of the molecule is C=C[C@@H](Nc1nc(C)nc2nc(OC3COC3)c(C3(C(F)F)CC3)cc12)c1cccc(C(F)F)c1F. The maximum Gasteiger partial charge on any atom is 0.266 e. The van der Waals surface area contributed by atoms with Gasteiger partial charge in [0.1, 0.15) is 23.6 Å². The molecule has 0 bridgehead atoms. The Kier molecular flexibility index (Phi) is 6.27. The summed E-state index contributed by atoms with van der Waals surface area (Å²) in [4.78, 5) is 13.2. The van der Waals surface area contributed by atoms with E-state index in [2.05, 4.69) is 26.8 Å². The van der Waals surface area contributed by atoms with Crippen LogP contribution in [0, 0.1) is 12.7 Å². The number of halogens is 5. The minimum Gasteiger partial charge on any atom is -0.469 e. The number of aryl methyl sites for hydroxylation is 1. The van der Waals surface area contributed by atoms with E-state index in [0.29, 0.717) is 24.4 Å². The molecule has 1 saturated heterocycles. The summed E-state index contributed by atoms with van der Waals surface area (Å²) >= 11 is 0. The largest absolute Gasteiger partial charge is 0.469 e. The molecule has 2 aliphatic rings. The first-order valence-electron chi connectivity index (χ1n) is 11.4. The fourth-order valence-corrected chi connectivity index (χ4v) is 4.27. The summed E-state index contributed by atoms with van der Waals surface area (Å²) in [7, 11) is 0. The molecule has 6 nitrogen and oxygen atoms in total. The summed E-state index contributed by atoms with van der Waals surface area (Å²) < 4.78 is 80.6. The van der Waals surface area contributed by atoms with Gasteiger partial charge in [-0.3, -0.25) is 0 Å². The van der Waals surface area contributed by atoms with Crippen molar-refractivity contribution in [2.24, 2.45) is 0 Å². The second-order valence-electron chi connectivity index (χ2n) is 8.97. The molecular formula is C25H23F5N4O2. The third-order valence-corrected chi connectivity index (χ3v) is 6.55. The van der Waals surface area contributed by atoms with Gasteiger partial charge in [0.05, 0.1) is 35.6 Å². The van der Waals surface area contributed by atoms with Crippen LogP contribution in [0.2, 0.25) is 0 Å². The molecule has 1 aliphatic heterocycles. The average Bonchev–Trinajstić information content (AvgIpc) is 3.61. The van der Waals surface area contributed by atoms with Crippen LogP contribution in [0.4, 0.5) is 27.8 Å². The van der Waals surface area contributed by atoms with Gasteiger partial charge >= 0.3 is 0 Å². The molecule has 2 aromatic heterocycles. The van der Waals surface area contributed by atoms with E-state index in [4.69, 9.17) is 9.47 Å². The van der Waals surface area contributed by atoms with Gasteiger partial charge in [0.15, 0.2) is 5.65 Å². The monoisotopic (exact) mass is 506 g/mol. The lowest BCUT2D eigenvalue weighted by molar-refractivity contribution is -0.0820. The normalized spacial score (nSPS) is 17.8. The van der Waals surface area contributed by atoms with Gasteiger partial charge in [-0.1, -0.05) is 24.3 Å². The highest BCUT2D eigenvalue weighted by molar-refractivity contribution is 5.88. The Hall–Kier alpha value is -3.34. The predicted octanol–water partition coefficient (Wildman–Crippen LogP) is 5.82. The number of pyridine rings is 1. The molecule has 0 unspecified atom stereocenters. The molecule has 1 aromatic carbocycles. The summed E-state index contributed by atoms with van der Waals surface area (Å²) in [5.74, 6) is -0.496. The quantitative estimate of drug-likeness (QED) is 0.291. The molecule has 36 heavy (non-hydrogen) atoms. The Balaban J connectivity index is 1.61. The Labute approximate surface area is 203 Å². The lowest BCUT2D eigenvalue weighted by Crippen LogP contribution is -2.39. The molecule has 1 atom stereocenters. The van der Waals surface area contributed by atoms with Crippen molar-refractivity contribution in [3.63, 3.8) is 0 Å². The number of nitrogens with zero attached hydrogens (tertiary/aromatic N) is 3. The number of ether oxygens (including phenoxy) is 2. The van der Waals surface area contributed by atoms with E-state index in [1.165, 1.54) is 24.3 Å². The fourth-order valence-electron chi connectivity index (χ4n) is 4.27. The third-order valence-electron chi connectivity index (χ3n) is 6.55. The number of nitrogens with one attached hydrogen (secondary N) is 1. The van der Waals surface area contributed by atoms with Crippen LogP contribution in [-0.4, -0.2) is 40.7 Å². The van der Waals surface area contributed by atoms with Crippen LogP contribution in [0.3, 0.4) is 0 Å². The summed E-state index contributed by atoms with van der Waals surface area (Å²) in [6.07, 6.45) is -4.03. The van der Waals surface area contributed by atoms with E-state index in [9.17, 15) is 22.0 Å². The summed E-state index contributed by atoms with van der Waals surface area (Å²) in [6, 6.07) is 4.29. The first kappa shape index (κ1) is 24.4. The molecule has 0 amide bonds. The molecule has 1 N–H and O–H groups in total. The van der Waals surface area contributed by atoms with E-state index in [-0.39, 0.29) is 47.4 Å². The highest BCUT2D eigenvalue weighted by Crippen LogP contribution is 2.55. The van der Waals surface area contributed by atoms with Gasteiger partial charge in [0, 0.05) is 11.1 Å². The van der Waals surface area contributed by atoms with Crippen molar-refractivity contribution >= 4 is 16.9 Å². The van der Waals surface area contributed by atoms with E-state index in [0.717, 1.165) is 6.07 Å². The number of hydrogen-bond acceptors (Lipinski definition) is 6. The van der Waals surface area contributed by atoms with Gasteiger partial charge in [0.2, 0.25) is 12.3 Å². The summed E-state index contributed by atoms with van der Waals surface area (Å²) in [6.45, 7) is 5.98. The van der Waals surface area contributed by atoms with E-state index in [1.54, 1.807) is 6.92 Å². The van der Waals surface area contributed by atoms with Gasteiger partial charge in [-0.05, 0) is 25.8 Å². The van der Waals surface area contributed by atoms with Crippen LogP contribution in [0.5, 0.6) is 5.88 Å². The Morgan fingerprint density at radius 2 is 1.86 bits per heavy atom. The summed E-state index contributed by atoms with van der Waals surface area (Å²) in [5.41, 5.74) is -1.74. The Morgan fingerprint density at radius 3 is 2.44 bits per heavy atom. The predicted molar refractivity (Wildman–Crippen MR) is 122 cm³/mol. The molecule has 0 radical (unpaired) electrons. The third kappa shape index (κ3) is 4.25. The van der Waals surface area contributed by atoms with E-state index in [1.807, 2.05) is 0 Å². The second-order valence-corrected chi connectivity index (χ2v) is 8.97. The fraction of sp³-hybridized carbons (Fsp3) is 0.400. The number of aromatic nitrogens is 3. The smallest absolute Gasteiger partial charge is 0.266 e. The molecule has 11 heteroatoms. The first-order valence-corrected chi connectivity index (χ1v) is 11.4. The van der Waals surface area contributed by atoms with Crippen molar-refractivity contribution in [1.29, 1.82) is 0 Å². The van der Waals surface area contributed by atoms with Crippen molar-refractivity contribution in [3.8, 4) is 5.88 Å². The van der Waals surface area contributed by atoms with Crippen molar-refractivity contribution < 1.29 is 31.4 Å². The molecule has 3 heterocycles. The van der Waals surface area contributed by atoms with Gasteiger partial charge in [-0.15, -0.1) is 6.58 Å². The van der Waals surface area contributed by atoms with Crippen LogP contribution in [-0.2, 0) is 10.2 Å². The average molecular weight is 506 g/mol. The topological polar surface area (TPSA) is 69.2 Å². The highest BCUT2D eigenvalue weighted by Gasteiger charge is 2.55. The van der Waals surface area contributed by atoms with Gasteiger partial charge in [-0.2, -0.15) is 4.98 Å². The summed E-state index contributed by atoms with van der Waals surface area (Å²) in [5, 5.41) is 3.32. The Bertz CT molecular complexity index is 1310. The number of alkyl halides is 4. The van der Waals surface area contributed by atoms with Crippen molar-refractivity contribution in [3.05, 3.63) is 65.3 Å². The minimum absolute atomic E-state index is 0.0587. The van der Waals surface area contributed by atoms with Crippen LogP contribution in [0.1, 0.15) is 47.8 Å². The van der Waals surface area contributed by atoms with Crippen LogP contribution >= 0.6 is 0 Å². The van der Waals surface area contributed by atoms with Crippen LogP contribution in [0.15, 0.2) is 36.9 Å². The maximum absolute atomic E-state index is 14.9. The number of fused-ring (bicyclic) bond motifs is 1. The van der Waals surface area contributed by atoms with Gasteiger partial charge < -0.3 is 14.8 Å². The first-order chi connectivity index (χ1) is 17.2. The van der Waals surface area contributed by atoms with Crippen LogP contribution in [0.25, 0.3) is 11.0 Å². The molecule has 0 spiro atoms.